The van der Waals surface area contributed by atoms with Crippen molar-refractivity contribution in [3.63, 3.8) is 0 Å². The highest BCUT2D eigenvalue weighted by Crippen LogP contribution is 2.05. The van der Waals surface area contributed by atoms with Gasteiger partial charge in [-0.25, -0.2) is 0 Å². The third kappa shape index (κ3) is 5.86. The highest BCUT2D eigenvalue weighted by Gasteiger charge is 1.87. The van der Waals surface area contributed by atoms with Crippen LogP contribution < -0.4 is 0 Å². The van der Waals surface area contributed by atoms with Gasteiger partial charge in [0.2, 0.25) is 0 Å². The molecule has 0 fully saturated rings. The van der Waals surface area contributed by atoms with Crippen LogP contribution in [0.2, 0.25) is 0 Å². The normalized spacial score (nSPS) is 13.8. The summed E-state index contributed by atoms with van der Waals surface area (Å²) >= 11 is 0. The van der Waals surface area contributed by atoms with Crippen LogP contribution in [0.4, 0.5) is 0 Å². The van der Waals surface area contributed by atoms with Crippen LogP contribution >= 0.6 is 0 Å². The molecule has 0 rings (SSSR count). The molecule has 0 unspecified atom stereocenters. The van der Waals surface area contributed by atoms with Gasteiger partial charge in [-0.1, -0.05) is 23.3 Å². The molecule has 0 heterocycles. The molecule has 11 heavy (non-hydrogen) atoms. The van der Waals surface area contributed by atoms with E-state index in [0.29, 0.717) is 0 Å². The van der Waals surface area contributed by atoms with Crippen molar-refractivity contribution < 1.29 is 5.11 Å². The Kier molecular flexibility index (Phi) is 5.86. The van der Waals surface area contributed by atoms with Gasteiger partial charge in [0.1, 0.15) is 0 Å². The minimum atomic E-state index is 0.174. The van der Waals surface area contributed by atoms with Crippen LogP contribution in [-0.2, 0) is 0 Å². The molecule has 1 N–H and O–H groups in total. The summed E-state index contributed by atoms with van der Waals surface area (Å²) in [5.74, 6) is 0. The van der Waals surface area contributed by atoms with Gasteiger partial charge < -0.3 is 5.11 Å². The molecule has 0 aromatic rings. The molecule has 0 spiro atoms. The van der Waals surface area contributed by atoms with E-state index in [0.717, 1.165) is 18.4 Å². The van der Waals surface area contributed by atoms with E-state index in [9.17, 15) is 0 Å². The predicted molar refractivity (Wildman–Crippen MR) is 49.2 cm³/mol. The lowest BCUT2D eigenvalue weighted by Crippen LogP contribution is -1.83. The summed E-state index contributed by atoms with van der Waals surface area (Å²) in [5, 5.41) is 8.66. The second-order valence-electron chi connectivity index (χ2n) is 2.80. The Bertz CT molecular complexity index is 154. The molecule has 0 aromatic heterocycles. The topological polar surface area (TPSA) is 20.2 Å². The molecule has 0 atom stereocenters. The van der Waals surface area contributed by atoms with E-state index in [-0.39, 0.29) is 6.61 Å². The first kappa shape index (κ1) is 10.4. The zero-order chi connectivity index (χ0) is 8.69. The third-order valence-corrected chi connectivity index (χ3v) is 1.63. The van der Waals surface area contributed by atoms with E-state index < -0.39 is 0 Å². The summed E-state index contributed by atoms with van der Waals surface area (Å²) in [6.45, 7) is 7.84. The van der Waals surface area contributed by atoms with Gasteiger partial charge in [-0.05, 0) is 33.6 Å². The molecule has 0 amide bonds. The molecule has 0 saturated heterocycles. The standard InChI is InChI=1S/C10H17O/c1-4-9(2)6-5-7-10(3)8-11/h4,7,11H,1,5-6,8H2,2-3H3/b9-4+,10-7?. The number of allylic oxidation sites excluding steroid dienone is 3. The Hall–Kier alpha value is -0.560. The van der Waals surface area contributed by atoms with Crippen LogP contribution in [0.1, 0.15) is 26.7 Å². The zero-order valence-electron chi connectivity index (χ0n) is 7.43. The third-order valence-electron chi connectivity index (χ3n) is 1.63. The number of aliphatic hydroxyl groups is 1. The van der Waals surface area contributed by atoms with Gasteiger partial charge in [0.25, 0.3) is 0 Å². The number of hydrogen-bond acceptors (Lipinski definition) is 1. The van der Waals surface area contributed by atoms with Crippen molar-refractivity contribution >= 4 is 0 Å². The van der Waals surface area contributed by atoms with Crippen molar-refractivity contribution in [3.8, 4) is 0 Å². The Morgan fingerprint density at radius 3 is 2.45 bits per heavy atom. The van der Waals surface area contributed by atoms with Crippen LogP contribution in [0, 0.1) is 6.92 Å². The number of hydrogen-bond donors (Lipinski definition) is 1. The van der Waals surface area contributed by atoms with E-state index in [2.05, 4.69) is 19.9 Å². The monoisotopic (exact) mass is 153 g/mol. The maximum absolute atomic E-state index is 8.66. The fraction of sp³-hybridized carbons (Fsp3) is 0.500. The molecule has 0 bridgehead atoms. The molecule has 0 aliphatic rings. The first-order valence-corrected chi connectivity index (χ1v) is 3.92. The van der Waals surface area contributed by atoms with Crippen LogP contribution in [0.5, 0.6) is 0 Å². The van der Waals surface area contributed by atoms with Crippen molar-refractivity contribution in [1.29, 1.82) is 0 Å². The molecular formula is C10H17O. The van der Waals surface area contributed by atoms with Crippen LogP contribution in [0.3, 0.4) is 0 Å². The minimum absolute atomic E-state index is 0.174. The maximum atomic E-state index is 8.66. The van der Waals surface area contributed by atoms with Crippen molar-refractivity contribution in [3.05, 3.63) is 30.2 Å². The van der Waals surface area contributed by atoms with Crippen molar-refractivity contribution in [2.75, 3.05) is 6.61 Å². The van der Waals surface area contributed by atoms with Gasteiger partial charge in [0.05, 0.1) is 6.61 Å². The predicted octanol–water partition coefficient (Wildman–Crippen LogP) is 2.49. The van der Waals surface area contributed by atoms with Gasteiger partial charge in [-0.3, -0.25) is 0 Å². The summed E-state index contributed by atoms with van der Waals surface area (Å²) in [6, 6.07) is 0. The fourth-order valence-electron chi connectivity index (χ4n) is 0.713. The Labute approximate surface area is 69.4 Å². The van der Waals surface area contributed by atoms with Crippen LogP contribution in [0.25, 0.3) is 0 Å². The Morgan fingerprint density at radius 2 is 2.00 bits per heavy atom. The summed E-state index contributed by atoms with van der Waals surface area (Å²) in [4.78, 5) is 0. The highest BCUT2D eigenvalue weighted by molar-refractivity contribution is 5.04. The largest absolute Gasteiger partial charge is 0.392 e. The molecule has 0 aliphatic heterocycles. The summed E-state index contributed by atoms with van der Waals surface area (Å²) in [6.07, 6.45) is 5.99. The second-order valence-corrected chi connectivity index (χ2v) is 2.80. The number of rotatable bonds is 4. The lowest BCUT2D eigenvalue weighted by molar-refractivity contribution is 0.331. The van der Waals surface area contributed by atoms with Crippen molar-refractivity contribution in [2.45, 2.75) is 26.7 Å². The summed E-state index contributed by atoms with van der Waals surface area (Å²) in [7, 11) is 0. The van der Waals surface area contributed by atoms with Gasteiger partial charge in [-0.15, -0.1) is 0 Å². The molecule has 0 aliphatic carbocycles. The van der Waals surface area contributed by atoms with Crippen LogP contribution in [-0.4, -0.2) is 11.7 Å². The van der Waals surface area contributed by atoms with Crippen molar-refractivity contribution in [2.24, 2.45) is 0 Å². The van der Waals surface area contributed by atoms with Gasteiger partial charge in [0.15, 0.2) is 0 Å². The Balaban J connectivity index is 3.56. The first-order valence-electron chi connectivity index (χ1n) is 3.92. The van der Waals surface area contributed by atoms with E-state index >= 15 is 0 Å². The molecule has 0 saturated carbocycles. The van der Waals surface area contributed by atoms with Crippen molar-refractivity contribution in [1.82, 2.24) is 0 Å². The molecular weight excluding hydrogens is 136 g/mol. The van der Waals surface area contributed by atoms with Crippen LogP contribution in [0.15, 0.2) is 23.3 Å². The smallest absolute Gasteiger partial charge is 0.0639 e. The summed E-state index contributed by atoms with van der Waals surface area (Å²) < 4.78 is 0. The van der Waals surface area contributed by atoms with Gasteiger partial charge in [-0.2, -0.15) is 0 Å². The maximum Gasteiger partial charge on any atom is 0.0639 e. The lowest BCUT2D eigenvalue weighted by atomic mass is 10.1. The molecule has 1 nitrogen and oxygen atoms in total. The molecule has 63 valence electrons. The highest BCUT2D eigenvalue weighted by atomic mass is 16.3. The van der Waals surface area contributed by atoms with E-state index in [4.69, 9.17) is 5.11 Å². The average Bonchev–Trinajstić information content (AvgIpc) is 2.04. The van der Waals surface area contributed by atoms with E-state index in [1.807, 2.05) is 13.0 Å². The number of aliphatic hydroxyl groups excluding tert-OH is 1. The Morgan fingerprint density at radius 1 is 1.36 bits per heavy atom. The first-order chi connectivity index (χ1) is 5.20. The lowest BCUT2D eigenvalue weighted by Gasteiger charge is -1.97. The zero-order valence-corrected chi connectivity index (χ0v) is 7.43. The van der Waals surface area contributed by atoms with E-state index in [1.54, 1.807) is 0 Å². The SMILES string of the molecule is [CH2]/C=C(\C)CCC=C(C)CO. The molecule has 1 radical (unpaired) electrons. The average molecular weight is 153 g/mol. The van der Waals surface area contributed by atoms with Gasteiger partial charge in [0, 0.05) is 0 Å². The fourth-order valence-corrected chi connectivity index (χ4v) is 0.713. The second kappa shape index (κ2) is 6.17. The summed E-state index contributed by atoms with van der Waals surface area (Å²) in [5.41, 5.74) is 2.34. The molecule has 1 heteroatoms. The minimum Gasteiger partial charge on any atom is -0.392 e. The molecule has 0 aromatic carbocycles. The van der Waals surface area contributed by atoms with E-state index in [1.165, 1.54) is 5.57 Å². The van der Waals surface area contributed by atoms with Gasteiger partial charge >= 0.3 is 0 Å². The quantitative estimate of drug-likeness (QED) is 0.615.